The summed E-state index contributed by atoms with van der Waals surface area (Å²) >= 11 is 6.07. The first kappa shape index (κ1) is 24.2. The molecule has 3 heterocycles. The molecule has 9 nitrogen and oxygen atoms in total. The molecule has 1 amide bonds. The molecular weight excluding hydrogens is 496 g/mol. The van der Waals surface area contributed by atoms with Gasteiger partial charge in [0.05, 0.1) is 16.1 Å². The normalized spacial score (nSPS) is 13.9. The lowest BCUT2D eigenvalue weighted by Crippen LogP contribution is -2.48. The minimum Gasteiger partial charge on any atom is -0.508 e. The van der Waals surface area contributed by atoms with Crippen LogP contribution in [0.3, 0.4) is 0 Å². The molecule has 2 aromatic carbocycles. The number of anilines is 1. The summed E-state index contributed by atoms with van der Waals surface area (Å²) in [6, 6.07) is 14.6. The standard InChI is InChI=1S/C27H23ClN4O5/c28-20-15-19(22(34)16-23(20)35)27-26(17-4-6-18(33)7-5-17)21(30-37-27)8-9-25(36)32-13-11-31(12-14-32)24-3-1-2-10-29-24/h1-10,15-16,33-35H,11-14H2/b9-8+. The molecule has 0 aliphatic carbocycles. The number of piperazine rings is 1. The monoisotopic (exact) mass is 518 g/mol. The van der Waals surface area contributed by atoms with Crippen LogP contribution in [0, 0.1) is 0 Å². The third-order valence-electron chi connectivity index (χ3n) is 6.13. The van der Waals surface area contributed by atoms with E-state index in [2.05, 4.69) is 15.0 Å². The molecular formula is C27H23ClN4O5. The number of nitrogens with zero attached hydrogens (tertiary/aromatic N) is 4. The second-order valence-corrected chi connectivity index (χ2v) is 8.88. The minimum absolute atomic E-state index is 0.0259. The number of amides is 1. The zero-order valence-corrected chi connectivity index (χ0v) is 20.3. The quantitative estimate of drug-likeness (QED) is 0.329. The Labute approximate surface area is 217 Å². The molecule has 1 aliphatic heterocycles. The summed E-state index contributed by atoms with van der Waals surface area (Å²) in [6.45, 7) is 2.44. The molecule has 1 aliphatic rings. The molecule has 3 N–H and O–H groups in total. The third kappa shape index (κ3) is 5.07. The van der Waals surface area contributed by atoms with Crippen molar-refractivity contribution in [2.24, 2.45) is 0 Å². The second kappa shape index (κ2) is 10.2. The molecule has 0 radical (unpaired) electrons. The smallest absolute Gasteiger partial charge is 0.246 e. The Morgan fingerprint density at radius 3 is 2.43 bits per heavy atom. The van der Waals surface area contributed by atoms with E-state index in [1.807, 2.05) is 18.2 Å². The van der Waals surface area contributed by atoms with Crippen LogP contribution in [-0.2, 0) is 4.79 Å². The van der Waals surface area contributed by atoms with Gasteiger partial charge in [-0.3, -0.25) is 4.79 Å². The van der Waals surface area contributed by atoms with Crippen LogP contribution in [0.5, 0.6) is 17.2 Å². The summed E-state index contributed by atoms with van der Waals surface area (Å²) in [5.74, 6) is 0.460. The number of carbonyl (C=O) groups excluding carboxylic acids is 1. The number of pyridine rings is 1. The average Bonchev–Trinajstić information content (AvgIpc) is 3.34. The summed E-state index contributed by atoms with van der Waals surface area (Å²) < 4.78 is 5.58. The highest BCUT2D eigenvalue weighted by Crippen LogP contribution is 2.43. The number of halogens is 1. The van der Waals surface area contributed by atoms with Gasteiger partial charge >= 0.3 is 0 Å². The fourth-order valence-electron chi connectivity index (χ4n) is 4.19. The van der Waals surface area contributed by atoms with Crippen LogP contribution in [0.15, 0.2) is 71.4 Å². The molecule has 5 rings (SSSR count). The van der Waals surface area contributed by atoms with Gasteiger partial charge < -0.3 is 29.6 Å². The molecule has 1 saturated heterocycles. The van der Waals surface area contributed by atoms with Gasteiger partial charge in [0, 0.05) is 44.5 Å². The van der Waals surface area contributed by atoms with E-state index in [1.165, 1.54) is 24.3 Å². The minimum atomic E-state index is -0.275. The molecule has 0 spiro atoms. The number of carbonyl (C=O) groups is 1. The van der Waals surface area contributed by atoms with Crippen molar-refractivity contribution in [1.29, 1.82) is 0 Å². The Morgan fingerprint density at radius 2 is 1.73 bits per heavy atom. The summed E-state index contributed by atoms with van der Waals surface area (Å²) in [5.41, 5.74) is 1.69. The van der Waals surface area contributed by atoms with Gasteiger partial charge in [-0.25, -0.2) is 4.98 Å². The number of hydrogen-bond donors (Lipinski definition) is 3. The summed E-state index contributed by atoms with van der Waals surface area (Å²) in [5, 5.41) is 34.2. The van der Waals surface area contributed by atoms with Gasteiger partial charge in [0.25, 0.3) is 0 Å². The lowest BCUT2D eigenvalue weighted by molar-refractivity contribution is -0.126. The van der Waals surface area contributed by atoms with Crippen molar-refractivity contribution in [3.63, 3.8) is 0 Å². The van der Waals surface area contributed by atoms with Crippen LogP contribution in [-0.4, -0.2) is 62.4 Å². The van der Waals surface area contributed by atoms with Crippen LogP contribution in [0.25, 0.3) is 28.5 Å². The van der Waals surface area contributed by atoms with Crippen molar-refractivity contribution in [2.45, 2.75) is 0 Å². The van der Waals surface area contributed by atoms with E-state index in [0.29, 0.717) is 43.0 Å². The van der Waals surface area contributed by atoms with E-state index in [4.69, 9.17) is 16.1 Å². The highest BCUT2D eigenvalue weighted by Gasteiger charge is 2.24. The largest absolute Gasteiger partial charge is 0.508 e. The molecule has 0 unspecified atom stereocenters. The van der Waals surface area contributed by atoms with E-state index >= 15 is 0 Å². The molecule has 0 atom stereocenters. The van der Waals surface area contributed by atoms with Crippen LogP contribution in [0.1, 0.15) is 5.69 Å². The highest BCUT2D eigenvalue weighted by molar-refractivity contribution is 6.32. The average molecular weight is 519 g/mol. The van der Waals surface area contributed by atoms with Crippen molar-refractivity contribution in [3.8, 4) is 39.7 Å². The maximum Gasteiger partial charge on any atom is 0.246 e. The number of rotatable bonds is 5. The summed E-state index contributed by atoms with van der Waals surface area (Å²) in [7, 11) is 0. The van der Waals surface area contributed by atoms with Gasteiger partial charge in [-0.05, 0) is 42.0 Å². The van der Waals surface area contributed by atoms with Gasteiger partial charge in [0.1, 0.15) is 28.8 Å². The number of phenols is 3. The van der Waals surface area contributed by atoms with Gasteiger partial charge in [0.15, 0.2) is 5.76 Å². The van der Waals surface area contributed by atoms with Gasteiger partial charge in [-0.1, -0.05) is 35.0 Å². The molecule has 2 aromatic heterocycles. The maximum absolute atomic E-state index is 12.9. The van der Waals surface area contributed by atoms with Crippen molar-refractivity contribution in [1.82, 2.24) is 15.0 Å². The van der Waals surface area contributed by atoms with Crippen molar-refractivity contribution >= 4 is 29.4 Å². The third-order valence-corrected chi connectivity index (χ3v) is 6.44. The van der Waals surface area contributed by atoms with Crippen molar-refractivity contribution in [3.05, 3.63) is 77.6 Å². The Morgan fingerprint density at radius 1 is 0.973 bits per heavy atom. The number of aromatic nitrogens is 2. The zero-order valence-electron chi connectivity index (χ0n) is 19.6. The zero-order chi connectivity index (χ0) is 25.9. The molecule has 188 valence electrons. The summed E-state index contributed by atoms with van der Waals surface area (Å²) in [6.07, 6.45) is 4.74. The van der Waals surface area contributed by atoms with Gasteiger partial charge in [-0.15, -0.1) is 0 Å². The lowest BCUT2D eigenvalue weighted by atomic mass is 9.98. The maximum atomic E-state index is 12.9. The first-order valence-corrected chi connectivity index (χ1v) is 11.9. The number of hydrogen-bond acceptors (Lipinski definition) is 8. The Kier molecular flexibility index (Phi) is 6.70. The van der Waals surface area contributed by atoms with E-state index in [9.17, 15) is 20.1 Å². The predicted molar refractivity (Wildman–Crippen MR) is 139 cm³/mol. The number of benzene rings is 2. The van der Waals surface area contributed by atoms with Gasteiger partial charge in [0.2, 0.25) is 5.91 Å². The first-order valence-electron chi connectivity index (χ1n) is 11.5. The van der Waals surface area contributed by atoms with Crippen LogP contribution in [0.4, 0.5) is 5.82 Å². The molecule has 37 heavy (non-hydrogen) atoms. The fraction of sp³-hybridized carbons (Fsp3) is 0.148. The second-order valence-electron chi connectivity index (χ2n) is 8.47. The molecule has 4 aromatic rings. The summed E-state index contributed by atoms with van der Waals surface area (Å²) in [4.78, 5) is 21.2. The molecule has 0 saturated carbocycles. The molecule has 1 fully saturated rings. The van der Waals surface area contributed by atoms with E-state index in [-0.39, 0.29) is 39.5 Å². The Balaban J connectivity index is 1.41. The van der Waals surface area contributed by atoms with Crippen LogP contribution < -0.4 is 4.90 Å². The van der Waals surface area contributed by atoms with Crippen molar-refractivity contribution < 1.29 is 24.6 Å². The van der Waals surface area contributed by atoms with E-state index in [1.54, 1.807) is 29.3 Å². The first-order chi connectivity index (χ1) is 17.9. The Hall–Kier alpha value is -4.50. The predicted octanol–water partition coefficient (Wildman–Crippen LogP) is 4.54. The molecule has 0 bridgehead atoms. The lowest BCUT2D eigenvalue weighted by Gasteiger charge is -2.34. The van der Waals surface area contributed by atoms with Crippen molar-refractivity contribution in [2.75, 3.05) is 31.1 Å². The highest BCUT2D eigenvalue weighted by atomic mass is 35.5. The Bertz CT molecular complexity index is 1450. The SMILES string of the molecule is O=C(/C=C/c1noc(-c2cc(Cl)c(O)cc2O)c1-c1ccc(O)cc1)N1CCN(c2ccccn2)CC1. The molecule has 10 heteroatoms. The fourth-order valence-corrected chi connectivity index (χ4v) is 4.36. The topological polar surface area (TPSA) is 123 Å². The number of aromatic hydroxyl groups is 3. The van der Waals surface area contributed by atoms with Crippen LogP contribution >= 0.6 is 11.6 Å². The number of phenolic OH excluding ortho intramolecular Hbond substituents is 3. The van der Waals surface area contributed by atoms with E-state index in [0.717, 1.165) is 11.9 Å². The van der Waals surface area contributed by atoms with Gasteiger partial charge in [-0.2, -0.15) is 0 Å². The van der Waals surface area contributed by atoms with E-state index < -0.39 is 0 Å². The van der Waals surface area contributed by atoms with Crippen LogP contribution in [0.2, 0.25) is 5.02 Å².